The van der Waals surface area contributed by atoms with E-state index in [2.05, 4.69) is 34.2 Å². The van der Waals surface area contributed by atoms with Crippen LogP contribution in [0.2, 0.25) is 0 Å². The van der Waals surface area contributed by atoms with Crippen LogP contribution in [0, 0.1) is 0 Å². The molecule has 2 unspecified atom stereocenters. The monoisotopic (exact) mass is 480 g/mol. The van der Waals surface area contributed by atoms with Gasteiger partial charge in [-0.3, -0.25) is 4.79 Å². The highest BCUT2D eigenvalue weighted by Gasteiger charge is 2.20. The van der Waals surface area contributed by atoms with Gasteiger partial charge in [-0.2, -0.15) is 0 Å². The first-order valence-electron chi connectivity index (χ1n) is 10.2. The maximum atomic E-state index is 12.8. The summed E-state index contributed by atoms with van der Waals surface area (Å²) in [6, 6.07) is 14.3. The van der Waals surface area contributed by atoms with Crippen LogP contribution in [-0.2, 0) is 6.42 Å². The summed E-state index contributed by atoms with van der Waals surface area (Å²) >= 11 is 4.50. The van der Waals surface area contributed by atoms with Crippen molar-refractivity contribution in [3.63, 3.8) is 0 Å². The quantitative estimate of drug-likeness (QED) is 0.275. The molecule has 5 aromatic rings. The first kappa shape index (κ1) is 21.1. The van der Waals surface area contributed by atoms with E-state index in [0.29, 0.717) is 28.7 Å². The van der Waals surface area contributed by atoms with Gasteiger partial charge in [-0.1, -0.05) is 55.1 Å². The largest absolute Gasteiger partial charge is 0.416 e. The molecule has 0 aliphatic carbocycles. The molecule has 1 aromatic carbocycles. The lowest BCUT2D eigenvalue weighted by atomic mass is 9.98. The van der Waals surface area contributed by atoms with Gasteiger partial charge in [0, 0.05) is 22.2 Å². The summed E-state index contributed by atoms with van der Waals surface area (Å²) in [4.78, 5) is 22.3. The highest BCUT2D eigenvalue weighted by atomic mass is 32.2. The molecule has 0 amide bonds. The molecule has 6 nitrogen and oxygen atoms in total. The van der Waals surface area contributed by atoms with Crippen molar-refractivity contribution in [1.82, 2.24) is 20.2 Å². The summed E-state index contributed by atoms with van der Waals surface area (Å²) in [5, 5.41) is 13.4. The maximum Gasteiger partial charge on any atom is 0.277 e. The van der Waals surface area contributed by atoms with Crippen LogP contribution < -0.4 is 5.56 Å². The van der Waals surface area contributed by atoms with E-state index in [1.54, 1.807) is 11.3 Å². The minimum atomic E-state index is -0.140. The van der Waals surface area contributed by atoms with E-state index in [1.807, 2.05) is 48.0 Å². The first-order chi connectivity index (χ1) is 15.6. The molecule has 0 saturated heterocycles. The molecule has 162 valence electrons. The van der Waals surface area contributed by atoms with Crippen molar-refractivity contribution < 1.29 is 4.42 Å². The van der Waals surface area contributed by atoms with Crippen LogP contribution in [-0.4, -0.2) is 20.2 Å². The van der Waals surface area contributed by atoms with Gasteiger partial charge in [-0.05, 0) is 29.9 Å². The molecule has 32 heavy (non-hydrogen) atoms. The molecule has 0 spiro atoms. The lowest BCUT2D eigenvalue weighted by molar-refractivity contribution is 0.404. The fraction of sp³-hybridized carbons (Fsp3) is 0.217. The van der Waals surface area contributed by atoms with Crippen LogP contribution >= 0.6 is 34.4 Å². The van der Waals surface area contributed by atoms with Gasteiger partial charge < -0.3 is 9.40 Å². The van der Waals surface area contributed by atoms with E-state index in [-0.39, 0.29) is 16.7 Å². The number of aromatic nitrogens is 4. The van der Waals surface area contributed by atoms with Gasteiger partial charge in [-0.15, -0.1) is 32.9 Å². The molecular formula is C23H20N4O2S3. The van der Waals surface area contributed by atoms with Crippen molar-refractivity contribution in [2.24, 2.45) is 0 Å². The molecule has 0 radical (unpaired) electrons. The molecule has 9 heteroatoms. The molecule has 0 aliphatic heterocycles. The van der Waals surface area contributed by atoms with Crippen molar-refractivity contribution in [2.45, 2.75) is 36.7 Å². The Morgan fingerprint density at radius 2 is 1.94 bits per heavy atom. The summed E-state index contributed by atoms with van der Waals surface area (Å²) < 4.78 is 5.86. The van der Waals surface area contributed by atoms with E-state index >= 15 is 0 Å². The summed E-state index contributed by atoms with van der Waals surface area (Å²) in [6.07, 6.45) is 0.674. The second kappa shape index (κ2) is 9.01. The molecule has 4 heterocycles. The topological polar surface area (TPSA) is 84.7 Å². The Bertz CT molecular complexity index is 1390. The van der Waals surface area contributed by atoms with Gasteiger partial charge in [0.15, 0.2) is 0 Å². The number of nitrogens with zero attached hydrogens (tertiary/aromatic N) is 3. The number of fused-ring (bicyclic) bond motifs is 1. The van der Waals surface area contributed by atoms with Crippen LogP contribution in [0.15, 0.2) is 67.7 Å². The average Bonchev–Trinajstić information content (AvgIpc) is 3.55. The summed E-state index contributed by atoms with van der Waals surface area (Å²) in [6.45, 7) is 4.11. The average molecular weight is 481 g/mol. The zero-order valence-electron chi connectivity index (χ0n) is 17.4. The summed E-state index contributed by atoms with van der Waals surface area (Å²) in [7, 11) is 0. The Hall–Kier alpha value is -2.75. The van der Waals surface area contributed by atoms with Crippen molar-refractivity contribution >= 4 is 44.7 Å². The smallest absolute Gasteiger partial charge is 0.277 e. The molecule has 0 saturated carbocycles. The number of nitrogens with one attached hydrogen (secondary N) is 1. The van der Waals surface area contributed by atoms with Gasteiger partial charge in [0.1, 0.15) is 10.7 Å². The van der Waals surface area contributed by atoms with E-state index in [9.17, 15) is 4.79 Å². The highest BCUT2D eigenvalue weighted by molar-refractivity contribution is 7.99. The fourth-order valence-corrected chi connectivity index (χ4v) is 6.04. The minimum absolute atomic E-state index is 0.120. The van der Waals surface area contributed by atoms with Crippen LogP contribution in [0.25, 0.3) is 20.7 Å². The van der Waals surface area contributed by atoms with E-state index < -0.39 is 0 Å². The molecule has 5 rings (SSSR count). The zero-order valence-corrected chi connectivity index (χ0v) is 19.9. The van der Waals surface area contributed by atoms with Crippen molar-refractivity contribution in [2.75, 3.05) is 0 Å². The Morgan fingerprint density at radius 3 is 2.72 bits per heavy atom. The number of benzene rings is 1. The van der Waals surface area contributed by atoms with Crippen molar-refractivity contribution in [1.29, 1.82) is 0 Å². The van der Waals surface area contributed by atoms with E-state index in [0.717, 1.165) is 15.3 Å². The Balaban J connectivity index is 1.32. The number of aromatic amines is 1. The third-order valence-corrected chi connectivity index (χ3v) is 7.93. The van der Waals surface area contributed by atoms with Gasteiger partial charge in [-0.25, -0.2) is 4.98 Å². The number of H-pyrrole nitrogens is 1. The normalized spacial score (nSPS) is 13.4. The number of hydrogen-bond donors (Lipinski definition) is 1. The number of thiophene rings is 2. The van der Waals surface area contributed by atoms with Crippen LogP contribution in [0.1, 0.15) is 42.3 Å². The highest BCUT2D eigenvalue weighted by Crippen LogP contribution is 2.36. The first-order valence-corrected chi connectivity index (χ1v) is 12.8. The van der Waals surface area contributed by atoms with Crippen LogP contribution in [0.3, 0.4) is 0 Å². The number of rotatable bonds is 7. The van der Waals surface area contributed by atoms with Gasteiger partial charge in [0.05, 0.1) is 10.6 Å². The number of hydrogen-bond acceptors (Lipinski definition) is 8. The Kier molecular flexibility index (Phi) is 5.95. The lowest BCUT2D eigenvalue weighted by Crippen LogP contribution is -2.12. The Labute approximate surface area is 196 Å². The standard InChI is InChI=1S/C23H20N4O2S3/c1-13(15-7-4-3-5-8-15)11-18-26-27-23(29-18)32-14(2)20-24-21(28)19-16(12-31-22(19)25-20)17-9-6-10-30-17/h3-10,12-14H,11H2,1-2H3,(H,24,25,28). The molecule has 0 bridgehead atoms. The fourth-order valence-electron chi connectivity index (χ4n) is 3.51. The van der Waals surface area contributed by atoms with E-state index in [1.165, 1.54) is 28.7 Å². The maximum absolute atomic E-state index is 12.8. The minimum Gasteiger partial charge on any atom is -0.416 e. The molecule has 0 fully saturated rings. The van der Waals surface area contributed by atoms with Crippen molar-refractivity contribution in [3.05, 3.63) is 80.9 Å². The van der Waals surface area contributed by atoms with Gasteiger partial charge in [0.2, 0.25) is 5.89 Å². The SMILES string of the molecule is CC(Cc1nnc(SC(C)c2nc3scc(-c4cccs4)c3c(=O)[nH]2)o1)c1ccccc1. The molecule has 1 N–H and O–H groups in total. The molecule has 4 aromatic heterocycles. The second-order valence-corrected chi connectivity index (χ2v) is 10.6. The lowest BCUT2D eigenvalue weighted by Gasteiger charge is -2.09. The van der Waals surface area contributed by atoms with E-state index in [4.69, 9.17) is 9.40 Å². The summed E-state index contributed by atoms with van der Waals surface area (Å²) in [5.74, 6) is 1.49. The van der Waals surface area contributed by atoms with Crippen LogP contribution in [0.5, 0.6) is 0 Å². The second-order valence-electron chi connectivity index (χ2n) is 7.50. The van der Waals surface area contributed by atoms with Gasteiger partial charge in [0.25, 0.3) is 10.8 Å². The van der Waals surface area contributed by atoms with Gasteiger partial charge >= 0.3 is 0 Å². The predicted octanol–water partition coefficient (Wildman–Crippen LogP) is 6.30. The predicted molar refractivity (Wildman–Crippen MR) is 131 cm³/mol. The molecule has 2 atom stereocenters. The zero-order chi connectivity index (χ0) is 22.1. The molecule has 0 aliphatic rings. The third kappa shape index (κ3) is 4.28. The number of thioether (sulfide) groups is 1. The Morgan fingerprint density at radius 1 is 1.09 bits per heavy atom. The van der Waals surface area contributed by atoms with Crippen molar-refractivity contribution in [3.8, 4) is 10.4 Å². The van der Waals surface area contributed by atoms with Crippen LogP contribution in [0.4, 0.5) is 0 Å². The third-order valence-electron chi connectivity index (χ3n) is 5.21. The molecular weight excluding hydrogens is 460 g/mol. The summed E-state index contributed by atoms with van der Waals surface area (Å²) in [5.41, 5.74) is 2.06.